The number of halogens is 1. The van der Waals surface area contributed by atoms with Crippen molar-refractivity contribution in [3.63, 3.8) is 0 Å². The number of aromatic nitrogens is 1. The number of piperidine rings is 3. The van der Waals surface area contributed by atoms with Gasteiger partial charge in [-0.3, -0.25) is 9.69 Å². The number of rotatable bonds is 4. The average molecular weight is 375 g/mol. The van der Waals surface area contributed by atoms with Crippen molar-refractivity contribution >= 4 is 22.5 Å². The van der Waals surface area contributed by atoms with Gasteiger partial charge in [-0.05, 0) is 49.4 Å². The van der Waals surface area contributed by atoms with E-state index in [0.717, 1.165) is 31.3 Å². The molecule has 0 spiro atoms. The van der Waals surface area contributed by atoms with Crippen LogP contribution in [0.5, 0.6) is 5.75 Å². The Bertz CT molecular complexity index is 910. The Balaban J connectivity index is 1.79. The van der Waals surface area contributed by atoms with Crippen molar-refractivity contribution in [2.45, 2.75) is 25.0 Å². The largest absolute Gasteiger partial charge is 0.497 e. The van der Waals surface area contributed by atoms with Crippen LogP contribution >= 0.6 is 11.6 Å². The first-order chi connectivity index (χ1) is 12.5. The van der Waals surface area contributed by atoms with Crippen molar-refractivity contribution in [1.29, 1.82) is 0 Å². The van der Waals surface area contributed by atoms with E-state index in [9.17, 15) is 9.90 Å². The molecule has 138 valence electrons. The number of methoxy groups -OCH3 is 1. The number of aromatic amines is 1. The van der Waals surface area contributed by atoms with Gasteiger partial charge in [-0.15, -0.1) is 6.58 Å². The fraction of sp³-hybridized carbons (Fsp3) is 0.450. The molecule has 1 aromatic heterocycles. The van der Waals surface area contributed by atoms with Crippen LogP contribution in [0.15, 0.2) is 35.6 Å². The summed E-state index contributed by atoms with van der Waals surface area (Å²) in [4.78, 5) is 17.4. The Labute approximate surface area is 157 Å². The minimum absolute atomic E-state index is 0.0429. The van der Waals surface area contributed by atoms with Crippen LogP contribution < -0.4 is 10.3 Å². The monoisotopic (exact) mass is 374 g/mol. The highest BCUT2D eigenvalue weighted by Gasteiger charge is 2.43. The van der Waals surface area contributed by atoms with Gasteiger partial charge < -0.3 is 14.8 Å². The molecule has 26 heavy (non-hydrogen) atoms. The van der Waals surface area contributed by atoms with Crippen molar-refractivity contribution in [3.8, 4) is 5.75 Å². The molecule has 0 saturated carbocycles. The average Bonchev–Trinajstić information content (AvgIpc) is 2.68. The summed E-state index contributed by atoms with van der Waals surface area (Å²) in [5, 5.41) is 12.0. The van der Waals surface area contributed by atoms with E-state index in [1.807, 2.05) is 12.1 Å². The normalized spacial score (nSPS) is 28.9. The third-order valence-corrected chi connectivity index (χ3v) is 6.39. The van der Waals surface area contributed by atoms with Gasteiger partial charge in [0.1, 0.15) is 10.8 Å². The minimum Gasteiger partial charge on any atom is -0.497 e. The SMILES string of the molecule is C=C[C@H]1CN2CCC1C[C@H]2[C@H](O)c1c(Cl)c(=O)[nH]c2ccc(OC)cc12. The maximum atomic E-state index is 12.3. The second-order valence-corrected chi connectivity index (χ2v) is 7.66. The van der Waals surface area contributed by atoms with Crippen LogP contribution in [0.25, 0.3) is 10.9 Å². The highest BCUT2D eigenvalue weighted by molar-refractivity contribution is 6.32. The summed E-state index contributed by atoms with van der Waals surface area (Å²) in [6.45, 7) is 5.81. The Morgan fingerprint density at radius 2 is 2.31 bits per heavy atom. The van der Waals surface area contributed by atoms with Crippen molar-refractivity contribution in [2.75, 3.05) is 20.2 Å². The number of pyridine rings is 1. The molecule has 0 amide bonds. The maximum Gasteiger partial charge on any atom is 0.267 e. The van der Waals surface area contributed by atoms with Crippen molar-refractivity contribution < 1.29 is 9.84 Å². The van der Waals surface area contributed by atoms with Gasteiger partial charge in [0, 0.05) is 29.1 Å². The molecule has 5 rings (SSSR count). The molecular weight excluding hydrogens is 352 g/mol. The quantitative estimate of drug-likeness (QED) is 0.807. The highest BCUT2D eigenvalue weighted by atomic mass is 35.5. The lowest BCUT2D eigenvalue weighted by molar-refractivity contribution is -0.0444. The van der Waals surface area contributed by atoms with E-state index in [1.54, 1.807) is 19.2 Å². The van der Waals surface area contributed by atoms with E-state index in [1.165, 1.54) is 0 Å². The zero-order valence-electron chi connectivity index (χ0n) is 14.7. The predicted molar refractivity (Wildman–Crippen MR) is 103 cm³/mol. The van der Waals surface area contributed by atoms with Crippen LogP contribution in [-0.2, 0) is 0 Å². The number of aliphatic hydroxyl groups excluding tert-OH is 1. The number of hydrogen-bond donors (Lipinski definition) is 2. The molecule has 3 aliphatic heterocycles. The van der Waals surface area contributed by atoms with Gasteiger partial charge in [0.2, 0.25) is 0 Å². The third-order valence-electron chi connectivity index (χ3n) is 6.02. The van der Waals surface area contributed by atoms with Crippen molar-refractivity contribution in [1.82, 2.24) is 9.88 Å². The van der Waals surface area contributed by atoms with E-state index in [-0.39, 0.29) is 16.6 Å². The summed E-state index contributed by atoms with van der Waals surface area (Å²) in [7, 11) is 1.59. The Morgan fingerprint density at radius 3 is 2.96 bits per heavy atom. The van der Waals surface area contributed by atoms with Gasteiger partial charge in [-0.1, -0.05) is 17.7 Å². The fourth-order valence-electron chi connectivity index (χ4n) is 4.59. The summed E-state index contributed by atoms with van der Waals surface area (Å²) in [6.07, 6.45) is 3.21. The third kappa shape index (κ3) is 2.75. The van der Waals surface area contributed by atoms with Gasteiger partial charge in [0.05, 0.1) is 13.2 Å². The molecule has 1 aromatic carbocycles. The van der Waals surface area contributed by atoms with E-state index in [2.05, 4.69) is 16.5 Å². The van der Waals surface area contributed by atoms with Gasteiger partial charge in [-0.2, -0.15) is 0 Å². The zero-order valence-corrected chi connectivity index (χ0v) is 15.5. The van der Waals surface area contributed by atoms with Crippen LogP contribution in [0.2, 0.25) is 5.02 Å². The number of aliphatic hydroxyl groups is 1. The molecule has 2 bridgehead atoms. The topological polar surface area (TPSA) is 65.6 Å². The summed E-state index contributed by atoms with van der Waals surface area (Å²) in [6, 6.07) is 5.34. The lowest BCUT2D eigenvalue weighted by Gasteiger charge is -2.50. The maximum absolute atomic E-state index is 12.3. The fourth-order valence-corrected chi connectivity index (χ4v) is 4.85. The Kier molecular flexibility index (Phi) is 4.55. The van der Waals surface area contributed by atoms with E-state index >= 15 is 0 Å². The lowest BCUT2D eigenvalue weighted by Crippen LogP contribution is -2.55. The number of fused-ring (bicyclic) bond motifs is 4. The van der Waals surface area contributed by atoms with Crippen LogP contribution in [0.4, 0.5) is 0 Å². The van der Waals surface area contributed by atoms with Crippen molar-refractivity contribution in [3.05, 3.63) is 51.8 Å². The van der Waals surface area contributed by atoms with Gasteiger partial charge >= 0.3 is 0 Å². The van der Waals surface area contributed by atoms with Crippen LogP contribution in [0, 0.1) is 11.8 Å². The summed E-state index contributed by atoms with van der Waals surface area (Å²) < 4.78 is 5.31. The first kappa shape index (κ1) is 17.6. The molecule has 2 unspecified atom stereocenters. The summed E-state index contributed by atoms with van der Waals surface area (Å²) in [5.41, 5.74) is 0.768. The van der Waals surface area contributed by atoms with E-state index in [4.69, 9.17) is 16.3 Å². The molecule has 5 atom stereocenters. The first-order valence-corrected chi connectivity index (χ1v) is 9.35. The minimum atomic E-state index is -0.826. The second-order valence-electron chi connectivity index (χ2n) is 7.28. The number of H-pyrrole nitrogens is 1. The predicted octanol–water partition coefficient (Wildman–Crippen LogP) is 3.12. The number of hydrogen-bond acceptors (Lipinski definition) is 4. The highest BCUT2D eigenvalue weighted by Crippen LogP contribution is 2.43. The number of benzene rings is 1. The number of ether oxygens (including phenoxy) is 1. The number of nitrogens with zero attached hydrogens (tertiary/aromatic N) is 1. The molecule has 2 aromatic rings. The van der Waals surface area contributed by atoms with Crippen molar-refractivity contribution in [2.24, 2.45) is 11.8 Å². The molecule has 3 saturated heterocycles. The molecule has 5 nitrogen and oxygen atoms in total. The molecule has 3 aliphatic rings. The van der Waals surface area contributed by atoms with E-state index < -0.39 is 6.10 Å². The van der Waals surface area contributed by atoms with Gasteiger partial charge in [0.15, 0.2) is 0 Å². The van der Waals surface area contributed by atoms with Crippen LogP contribution in [0.3, 0.4) is 0 Å². The van der Waals surface area contributed by atoms with Gasteiger partial charge in [0.25, 0.3) is 5.56 Å². The Morgan fingerprint density at radius 1 is 1.50 bits per heavy atom. The first-order valence-electron chi connectivity index (χ1n) is 8.97. The van der Waals surface area contributed by atoms with Gasteiger partial charge in [-0.25, -0.2) is 0 Å². The van der Waals surface area contributed by atoms with Crippen LogP contribution in [-0.4, -0.2) is 41.2 Å². The van der Waals surface area contributed by atoms with E-state index in [0.29, 0.717) is 28.7 Å². The van der Waals surface area contributed by atoms with Crippen LogP contribution in [0.1, 0.15) is 24.5 Å². The molecule has 4 heterocycles. The zero-order chi connectivity index (χ0) is 18.4. The number of nitrogens with one attached hydrogen (secondary N) is 1. The molecule has 0 aliphatic carbocycles. The summed E-state index contributed by atoms with van der Waals surface area (Å²) in [5.74, 6) is 1.66. The summed E-state index contributed by atoms with van der Waals surface area (Å²) >= 11 is 6.36. The smallest absolute Gasteiger partial charge is 0.267 e. The molecule has 0 radical (unpaired) electrons. The molecule has 2 N–H and O–H groups in total. The second kappa shape index (κ2) is 6.72. The standard InChI is InChI=1S/C20H23ClN2O3/c1-3-11-10-23-7-6-12(11)8-16(23)19(24)17-14-9-13(26-2)4-5-15(14)22-20(25)18(17)21/h3-5,9,11-12,16,19,24H,1,6-8,10H2,2H3,(H,22,25)/t11-,12?,16-,19-/m0/s1. The Hall–Kier alpha value is -1.82. The molecular formula is C20H23ClN2O3. The molecule has 6 heteroatoms. The lowest BCUT2D eigenvalue weighted by atomic mass is 9.73. The molecule has 3 fully saturated rings.